The molecule has 2 aliphatic heterocycles. The number of aromatic nitrogens is 1. The van der Waals surface area contributed by atoms with Crippen LogP contribution in [0.4, 0.5) is 26.3 Å². The average molecular weight is 774 g/mol. The van der Waals surface area contributed by atoms with Crippen LogP contribution in [0.15, 0.2) is 48.7 Å². The molecule has 0 aliphatic carbocycles. The Labute approximate surface area is 295 Å². The number of piperazine rings is 2. The highest BCUT2D eigenvalue weighted by Gasteiger charge is 2.39. The fourth-order valence-corrected chi connectivity index (χ4v) is 5.64. The number of alkyl halides is 6. The first-order valence-corrected chi connectivity index (χ1v) is 13.9. The summed E-state index contributed by atoms with van der Waals surface area (Å²) >= 11 is 0. The third-order valence-electron chi connectivity index (χ3n) is 7.95. The summed E-state index contributed by atoms with van der Waals surface area (Å²) in [6.45, 7) is 3.42. The highest BCUT2D eigenvalue weighted by Crippen LogP contribution is 2.37. The molecule has 2 saturated heterocycles. The van der Waals surface area contributed by atoms with Gasteiger partial charge in [0.1, 0.15) is 0 Å². The minimum absolute atomic E-state index is 0. The number of halogens is 8. The van der Waals surface area contributed by atoms with Crippen LogP contribution in [0.5, 0.6) is 0 Å². The van der Waals surface area contributed by atoms with Gasteiger partial charge in [0.15, 0.2) is 0 Å². The maximum atomic E-state index is 13.7. The van der Waals surface area contributed by atoms with Gasteiger partial charge < -0.3 is 42.2 Å². The number of nitrogens with zero attached hydrogens (tertiary/aromatic N) is 4. The Kier molecular flexibility index (Phi) is 21.0. The van der Waals surface area contributed by atoms with Gasteiger partial charge in [-0.15, -0.1) is 24.8 Å². The van der Waals surface area contributed by atoms with Crippen LogP contribution in [-0.4, -0.2) is 129 Å². The normalized spacial score (nSPS) is 16.9. The van der Waals surface area contributed by atoms with Crippen molar-refractivity contribution < 1.29 is 63.3 Å². The number of hydrogen-bond acceptors (Lipinski definition) is 5. The van der Waals surface area contributed by atoms with Gasteiger partial charge in [0.2, 0.25) is 5.91 Å². The maximum absolute atomic E-state index is 13.7. The fraction of sp³-hybridized carbons (Fsp3) is 0.448. The van der Waals surface area contributed by atoms with Crippen LogP contribution in [0, 0.1) is 0 Å². The van der Waals surface area contributed by atoms with E-state index in [1.165, 1.54) is 4.90 Å². The zero-order valence-electron chi connectivity index (χ0n) is 26.7. The second-order valence-electron chi connectivity index (χ2n) is 11.1. The van der Waals surface area contributed by atoms with E-state index in [4.69, 9.17) is 0 Å². The van der Waals surface area contributed by atoms with Gasteiger partial charge in [0, 0.05) is 74.5 Å². The molecule has 3 heterocycles. The molecule has 12 N–H and O–H groups in total. The maximum Gasteiger partial charge on any atom is 0.416 e. The molecule has 13 nitrogen and oxygen atoms in total. The zero-order valence-corrected chi connectivity index (χ0v) is 28.4. The summed E-state index contributed by atoms with van der Waals surface area (Å²) in [7, 11) is 2.00. The molecule has 0 spiro atoms. The standard InChI is InChI=1S/C29H32F6N6O2.2ClH.5H2O/c1-38-6-9-40(10-7-38)37-26(42)18-39-8-11-41(23(17-39)14-20-16-36-25-5-3-2-4-24(20)25)27(43)19-12-21(28(30,31)32)15-22(13-19)29(33,34)35;;;;;;;/h2-5,12-13,15-16,23,36H,6-11,14,17-18H2,1H3,(H,37,42);2*1H;5*1H2/t23-;;;;;;;/m1......./s1. The molecular formula is C29H44Cl2F6N6O7. The number of rotatable bonds is 6. The molecule has 5 rings (SSSR count). The predicted molar refractivity (Wildman–Crippen MR) is 179 cm³/mol. The Balaban J connectivity index is -0.00000316. The summed E-state index contributed by atoms with van der Waals surface area (Å²) in [5.41, 5.74) is 0.809. The number of carbonyl (C=O) groups excluding carboxylic acids is 2. The Morgan fingerprint density at radius 2 is 1.38 bits per heavy atom. The second-order valence-corrected chi connectivity index (χ2v) is 11.1. The van der Waals surface area contributed by atoms with Crippen LogP contribution in [0.3, 0.4) is 0 Å². The molecule has 0 radical (unpaired) electrons. The first kappa shape index (κ1) is 51.1. The molecule has 0 bridgehead atoms. The molecule has 50 heavy (non-hydrogen) atoms. The van der Waals surface area contributed by atoms with E-state index in [2.05, 4.69) is 15.3 Å². The number of likely N-dealkylation sites (N-methyl/N-ethyl adjacent to an activating group) is 1. The van der Waals surface area contributed by atoms with Crippen molar-refractivity contribution in [1.29, 1.82) is 0 Å². The molecule has 0 saturated carbocycles. The first-order chi connectivity index (χ1) is 20.3. The van der Waals surface area contributed by atoms with Gasteiger partial charge in [0.05, 0.1) is 17.7 Å². The van der Waals surface area contributed by atoms with E-state index in [-0.39, 0.29) is 96.8 Å². The van der Waals surface area contributed by atoms with Crippen LogP contribution in [0.25, 0.3) is 10.9 Å². The molecule has 288 valence electrons. The molecule has 2 amide bonds. The number of hydrazine groups is 1. The van der Waals surface area contributed by atoms with Crippen molar-refractivity contribution in [2.75, 3.05) is 59.4 Å². The summed E-state index contributed by atoms with van der Waals surface area (Å²) < 4.78 is 81.2. The van der Waals surface area contributed by atoms with Gasteiger partial charge in [-0.1, -0.05) is 18.2 Å². The van der Waals surface area contributed by atoms with Crippen molar-refractivity contribution in [1.82, 2.24) is 30.1 Å². The van der Waals surface area contributed by atoms with Gasteiger partial charge in [-0.05, 0) is 43.3 Å². The van der Waals surface area contributed by atoms with E-state index in [1.54, 1.807) is 6.20 Å². The van der Waals surface area contributed by atoms with E-state index in [0.29, 0.717) is 25.2 Å². The van der Waals surface area contributed by atoms with E-state index in [0.717, 1.165) is 29.6 Å². The number of hydrogen-bond donors (Lipinski definition) is 2. The fourth-order valence-electron chi connectivity index (χ4n) is 5.64. The quantitative estimate of drug-likeness (QED) is 0.341. The Hall–Kier alpha value is -3.24. The van der Waals surface area contributed by atoms with Crippen LogP contribution in [-0.2, 0) is 23.6 Å². The largest absolute Gasteiger partial charge is 0.416 e. The lowest BCUT2D eigenvalue weighted by atomic mass is 9.98. The van der Waals surface area contributed by atoms with E-state index in [1.807, 2.05) is 41.2 Å². The summed E-state index contributed by atoms with van der Waals surface area (Å²) in [6, 6.07) is 7.79. The minimum atomic E-state index is -5.07. The number of para-hydroxylation sites is 1. The summed E-state index contributed by atoms with van der Waals surface area (Å²) in [4.78, 5) is 35.0. The SMILES string of the molecule is CN1CCN(NC(=O)CN2CCN(C(=O)c3cc(C(F)(F)F)cc(C(F)(F)F)c3)[C@H](Cc3c[nH]c4ccccc34)C2)CC1.Cl.Cl.O.O.O.O.O. The smallest absolute Gasteiger partial charge is 0.412 e. The molecule has 2 aromatic carbocycles. The predicted octanol–water partition coefficient (Wildman–Crippen LogP) is 0.573. The number of nitrogens with one attached hydrogen (secondary N) is 2. The number of aromatic amines is 1. The van der Waals surface area contributed by atoms with Crippen LogP contribution >= 0.6 is 24.8 Å². The van der Waals surface area contributed by atoms with Crippen molar-refractivity contribution in [3.05, 3.63) is 70.9 Å². The summed E-state index contributed by atoms with van der Waals surface area (Å²) in [6.07, 6.45) is -8.10. The third kappa shape index (κ3) is 12.2. The van der Waals surface area contributed by atoms with Gasteiger partial charge in [-0.3, -0.25) is 19.9 Å². The topological polar surface area (TPSA) is 232 Å². The highest BCUT2D eigenvalue weighted by molar-refractivity contribution is 5.95. The molecule has 0 unspecified atom stereocenters. The van der Waals surface area contributed by atoms with Gasteiger partial charge in [0.25, 0.3) is 5.91 Å². The Morgan fingerprint density at radius 1 is 0.820 bits per heavy atom. The van der Waals surface area contributed by atoms with Crippen molar-refractivity contribution in [3.63, 3.8) is 0 Å². The monoisotopic (exact) mass is 772 g/mol. The number of amides is 2. The van der Waals surface area contributed by atoms with E-state index in [9.17, 15) is 35.9 Å². The van der Waals surface area contributed by atoms with E-state index >= 15 is 0 Å². The summed E-state index contributed by atoms with van der Waals surface area (Å²) in [5.74, 6) is -1.16. The molecular weight excluding hydrogens is 729 g/mol. The Bertz CT molecular complexity index is 1460. The number of fused-ring (bicyclic) bond motifs is 1. The van der Waals surface area contributed by atoms with Crippen LogP contribution < -0.4 is 5.43 Å². The number of benzene rings is 2. The highest BCUT2D eigenvalue weighted by atomic mass is 35.5. The first-order valence-electron chi connectivity index (χ1n) is 13.9. The average Bonchev–Trinajstić information content (AvgIpc) is 3.35. The Morgan fingerprint density at radius 3 is 1.94 bits per heavy atom. The van der Waals surface area contributed by atoms with Gasteiger partial charge in [-0.25, -0.2) is 5.01 Å². The lowest BCUT2D eigenvalue weighted by Gasteiger charge is -2.42. The molecule has 21 heteroatoms. The van der Waals surface area contributed by atoms with Crippen LogP contribution in [0.2, 0.25) is 0 Å². The minimum Gasteiger partial charge on any atom is -0.412 e. The molecule has 2 aliphatic rings. The van der Waals surface area contributed by atoms with E-state index < -0.39 is 41.0 Å². The number of H-pyrrole nitrogens is 1. The van der Waals surface area contributed by atoms with Gasteiger partial charge >= 0.3 is 12.4 Å². The lowest BCUT2D eigenvalue weighted by Crippen LogP contribution is -2.59. The lowest BCUT2D eigenvalue weighted by molar-refractivity contribution is -0.143. The molecule has 1 atom stereocenters. The van der Waals surface area contributed by atoms with Crippen molar-refractivity contribution >= 4 is 47.5 Å². The van der Waals surface area contributed by atoms with Crippen LogP contribution in [0.1, 0.15) is 27.0 Å². The molecule has 2 fully saturated rings. The number of carbonyl (C=O) groups is 2. The van der Waals surface area contributed by atoms with Gasteiger partial charge in [-0.2, -0.15) is 26.3 Å². The zero-order chi connectivity index (χ0) is 30.9. The summed E-state index contributed by atoms with van der Waals surface area (Å²) in [5, 5.41) is 2.73. The second kappa shape index (κ2) is 20.6. The molecule has 3 aromatic rings. The molecule has 1 aromatic heterocycles. The van der Waals surface area contributed by atoms with Crippen molar-refractivity contribution in [2.24, 2.45) is 0 Å². The third-order valence-corrected chi connectivity index (χ3v) is 7.95. The van der Waals surface area contributed by atoms with Crippen molar-refractivity contribution in [2.45, 2.75) is 24.8 Å². The van der Waals surface area contributed by atoms with Crippen molar-refractivity contribution in [3.8, 4) is 0 Å².